The van der Waals surface area contributed by atoms with Crippen LogP contribution in [0.4, 0.5) is 0 Å². The first-order chi connectivity index (χ1) is 25.8. The molecular formula is C41H37N5O6S. The molecule has 0 saturated heterocycles. The van der Waals surface area contributed by atoms with Crippen LogP contribution in [0, 0.1) is 0 Å². The Morgan fingerprint density at radius 1 is 0.868 bits per heavy atom. The highest BCUT2D eigenvalue weighted by atomic mass is 32.2. The summed E-state index contributed by atoms with van der Waals surface area (Å²) in [5, 5.41) is 16.2. The maximum absolute atomic E-state index is 15.3. The molecule has 0 aromatic heterocycles. The summed E-state index contributed by atoms with van der Waals surface area (Å²) in [5.74, 6) is -0.196. The van der Waals surface area contributed by atoms with Gasteiger partial charge in [-0.2, -0.15) is 0 Å². The standard InChI is InChI=1S/C41H37N5O6S/c42-46-43-27-29-11-4-5-14-32(29)38-41(23-26-53(49,50)31-12-2-1-3-13-31,45-39(52-38)28-19-21-30(22-20-28)51-25-10-24-47)40(48)44-37-35-17-8-6-15-33(35)34-16-7-9-18-36(34)37/h1-9,11-22,37-38,47H,10,23-27H2,(H,44,48)/t38-,41-/m1/s1. The number of nitrogens with one attached hydrogen (secondary N) is 1. The number of hydrogen-bond donors (Lipinski definition) is 2. The molecule has 1 amide bonds. The lowest BCUT2D eigenvalue weighted by Gasteiger charge is -2.33. The van der Waals surface area contributed by atoms with Gasteiger partial charge in [0.05, 0.1) is 29.8 Å². The van der Waals surface area contributed by atoms with Gasteiger partial charge in [-0.3, -0.25) is 4.79 Å². The van der Waals surface area contributed by atoms with Crippen molar-refractivity contribution in [2.24, 2.45) is 10.1 Å². The van der Waals surface area contributed by atoms with Crippen LogP contribution in [0.2, 0.25) is 0 Å². The number of carbonyl (C=O) groups excluding carboxylic acids is 1. The van der Waals surface area contributed by atoms with Crippen molar-refractivity contribution in [1.82, 2.24) is 5.32 Å². The van der Waals surface area contributed by atoms with Gasteiger partial charge in [0.25, 0.3) is 5.91 Å². The van der Waals surface area contributed by atoms with Gasteiger partial charge < -0.3 is 19.9 Å². The quantitative estimate of drug-likeness (QED) is 0.0529. The molecule has 53 heavy (non-hydrogen) atoms. The second-order valence-corrected chi connectivity index (χ2v) is 14.9. The first-order valence-electron chi connectivity index (χ1n) is 17.3. The third-order valence-electron chi connectivity index (χ3n) is 9.64. The monoisotopic (exact) mass is 727 g/mol. The van der Waals surface area contributed by atoms with Crippen LogP contribution < -0.4 is 10.1 Å². The van der Waals surface area contributed by atoms with Crippen LogP contribution in [0.25, 0.3) is 21.6 Å². The lowest BCUT2D eigenvalue weighted by atomic mass is 9.83. The second kappa shape index (κ2) is 15.3. The minimum Gasteiger partial charge on any atom is -0.494 e. The van der Waals surface area contributed by atoms with Gasteiger partial charge in [-0.1, -0.05) is 96.1 Å². The molecule has 0 radical (unpaired) electrons. The lowest BCUT2D eigenvalue weighted by Crippen LogP contribution is -2.50. The number of sulfone groups is 1. The van der Waals surface area contributed by atoms with E-state index in [2.05, 4.69) is 15.3 Å². The average Bonchev–Trinajstić information content (AvgIpc) is 3.74. The molecule has 1 aliphatic carbocycles. The molecule has 1 heterocycles. The number of amides is 1. The molecule has 12 heteroatoms. The van der Waals surface area contributed by atoms with E-state index in [1.54, 1.807) is 66.7 Å². The van der Waals surface area contributed by atoms with E-state index >= 15 is 4.79 Å². The summed E-state index contributed by atoms with van der Waals surface area (Å²) in [6.45, 7) is 0.322. The number of azide groups is 1. The minimum atomic E-state index is -3.88. The van der Waals surface area contributed by atoms with Crippen LogP contribution in [-0.4, -0.2) is 49.8 Å². The van der Waals surface area contributed by atoms with E-state index in [9.17, 15) is 13.9 Å². The Morgan fingerprint density at radius 2 is 1.49 bits per heavy atom. The maximum atomic E-state index is 15.3. The molecule has 2 N–H and O–H groups in total. The highest BCUT2D eigenvalue weighted by molar-refractivity contribution is 7.91. The molecule has 1 aliphatic heterocycles. The molecule has 0 spiro atoms. The minimum absolute atomic E-state index is 0.00738. The molecule has 268 valence electrons. The zero-order valence-electron chi connectivity index (χ0n) is 28.7. The van der Waals surface area contributed by atoms with E-state index < -0.39 is 39.2 Å². The third-order valence-corrected chi connectivity index (χ3v) is 11.4. The van der Waals surface area contributed by atoms with E-state index in [1.165, 1.54) is 12.1 Å². The molecular weight excluding hydrogens is 691 g/mol. The van der Waals surface area contributed by atoms with Crippen LogP contribution in [0.3, 0.4) is 0 Å². The summed E-state index contributed by atoms with van der Waals surface area (Å²) in [4.78, 5) is 23.4. The number of fused-ring (bicyclic) bond motifs is 3. The second-order valence-electron chi connectivity index (χ2n) is 12.8. The summed E-state index contributed by atoms with van der Waals surface area (Å²) in [5.41, 5.74) is 12.9. The van der Waals surface area contributed by atoms with Gasteiger partial charge in [0, 0.05) is 29.9 Å². The number of carbonyl (C=O) groups is 1. The molecule has 7 rings (SSSR count). The average molecular weight is 728 g/mol. The van der Waals surface area contributed by atoms with Crippen LogP contribution in [-0.2, 0) is 25.9 Å². The summed E-state index contributed by atoms with van der Waals surface area (Å²) in [6.07, 6.45) is -0.840. The SMILES string of the molecule is [N-]=[N+]=NCc1ccccc1[C@H]1OC(c2ccc(OCCCO)cc2)=N[C@@]1(CCS(=O)(=O)c1ccccc1)C(=O)NC1c2ccccc2-c2ccccc21. The summed E-state index contributed by atoms with van der Waals surface area (Å²) < 4.78 is 40.2. The Kier molecular flexibility index (Phi) is 10.3. The molecule has 11 nitrogen and oxygen atoms in total. The van der Waals surface area contributed by atoms with Crippen molar-refractivity contribution in [2.45, 2.75) is 42.0 Å². The molecule has 2 atom stereocenters. The fourth-order valence-electron chi connectivity index (χ4n) is 6.99. The van der Waals surface area contributed by atoms with E-state index in [1.807, 2.05) is 48.5 Å². The highest BCUT2D eigenvalue weighted by Crippen LogP contribution is 2.47. The van der Waals surface area contributed by atoms with Crippen LogP contribution in [0.15, 0.2) is 142 Å². The first kappa shape index (κ1) is 35.5. The molecule has 5 aromatic carbocycles. The van der Waals surface area contributed by atoms with Crippen molar-refractivity contribution in [3.8, 4) is 16.9 Å². The fraction of sp³-hybridized carbons (Fsp3) is 0.220. The van der Waals surface area contributed by atoms with Gasteiger partial charge in [-0.05, 0) is 75.3 Å². The molecule has 0 fully saturated rings. The molecule has 2 aliphatic rings. The van der Waals surface area contributed by atoms with Crippen LogP contribution in [0.1, 0.15) is 52.8 Å². The predicted octanol–water partition coefficient (Wildman–Crippen LogP) is 7.27. The Bertz CT molecular complexity index is 2260. The van der Waals surface area contributed by atoms with E-state index in [0.29, 0.717) is 35.5 Å². The van der Waals surface area contributed by atoms with Gasteiger partial charge in [-0.25, -0.2) is 13.4 Å². The van der Waals surface area contributed by atoms with E-state index in [4.69, 9.17) is 19.6 Å². The normalized spacial score (nSPS) is 17.5. The fourth-order valence-corrected chi connectivity index (χ4v) is 8.38. The molecule has 0 unspecified atom stereocenters. The number of aliphatic imine (C=N–C) groups is 1. The van der Waals surface area contributed by atoms with E-state index in [-0.39, 0.29) is 30.4 Å². The highest BCUT2D eigenvalue weighted by Gasteiger charge is 2.55. The van der Waals surface area contributed by atoms with Crippen molar-refractivity contribution in [2.75, 3.05) is 19.0 Å². The smallest absolute Gasteiger partial charge is 0.253 e. The largest absolute Gasteiger partial charge is 0.494 e. The zero-order chi connectivity index (χ0) is 36.8. The summed E-state index contributed by atoms with van der Waals surface area (Å²) in [6, 6.07) is 37.5. The number of ether oxygens (including phenoxy) is 2. The van der Waals surface area contributed by atoms with Crippen LogP contribution >= 0.6 is 0 Å². The third kappa shape index (κ3) is 7.12. The van der Waals surface area contributed by atoms with Gasteiger partial charge in [0.2, 0.25) is 5.90 Å². The zero-order valence-corrected chi connectivity index (χ0v) is 29.5. The summed E-state index contributed by atoms with van der Waals surface area (Å²) in [7, 11) is -3.88. The van der Waals surface area contributed by atoms with E-state index in [0.717, 1.165) is 22.3 Å². The van der Waals surface area contributed by atoms with Crippen molar-refractivity contribution in [3.05, 3.63) is 166 Å². The number of benzene rings is 5. The Balaban J connectivity index is 1.36. The first-order valence-corrected chi connectivity index (χ1v) is 19.0. The molecule has 0 bridgehead atoms. The van der Waals surface area contributed by atoms with Crippen molar-refractivity contribution >= 4 is 21.6 Å². The van der Waals surface area contributed by atoms with Gasteiger partial charge >= 0.3 is 0 Å². The van der Waals surface area contributed by atoms with Gasteiger partial charge in [0.1, 0.15) is 5.75 Å². The maximum Gasteiger partial charge on any atom is 0.253 e. The molecule has 5 aromatic rings. The number of aliphatic hydroxyl groups is 1. The summed E-state index contributed by atoms with van der Waals surface area (Å²) >= 11 is 0. The topological polar surface area (TPSA) is 163 Å². The Labute approximate surface area is 307 Å². The van der Waals surface area contributed by atoms with Gasteiger partial charge in [-0.15, -0.1) is 0 Å². The lowest BCUT2D eigenvalue weighted by molar-refractivity contribution is -0.129. The molecule has 0 saturated carbocycles. The number of rotatable bonds is 14. The van der Waals surface area contributed by atoms with Crippen molar-refractivity contribution in [1.29, 1.82) is 0 Å². The Morgan fingerprint density at radius 3 is 2.15 bits per heavy atom. The number of aliphatic hydroxyl groups excluding tert-OH is 1. The number of hydrogen-bond acceptors (Lipinski definition) is 8. The number of nitrogens with zero attached hydrogens (tertiary/aromatic N) is 4. The Hall–Kier alpha value is -5.94. The van der Waals surface area contributed by atoms with Crippen molar-refractivity contribution < 1.29 is 27.8 Å². The van der Waals surface area contributed by atoms with Crippen LogP contribution in [0.5, 0.6) is 5.75 Å². The predicted molar refractivity (Wildman–Crippen MR) is 201 cm³/mol. The van der Waals surface area contributed by atoms with Gasteiger partial charge in [0.15, 0.2) is 21.5 Å². The van der Waals surface area contributed by atoms with Crippen molar-refractivity contribution in [3.63, 3.8) is 0 Å².